The van der Waals surface area contributed by atoms with Gasteiger partial charge in [-0.3, -0.25) is 20.9 Å². The summed E-state index contributed by atoms with van der Waals surface area (Å²) >= 11 is 0. The highest BCUT2D eigenvalue weighted by Crippen LogP contribution is 2.17. The Balaban J connectivity index is 2.01. The Morgan fingerprint density at radius 1 is 1.39 bits per heavy atom. The van der Waals surface area contributed by atoms with Gasteiger partial charge in [-0.25, -0.2) is 0 Å². The van der Waals surface area contributed by atoms with Crippen LogP contribution < -0.4 is 11.3 Å². The molecule has 2 rings (SSSR count). The van der Waals surface area contributed by atoms with Crippen molar-refractivity contribution >= 4 is 0 Å². The van der Waals surface area contributed by atoms with Crippen molar-refractivity contribution in [2.24, 2.45) is 12.9 Å². The first-order chi connectivity index (χ1) is 8.70. The number of aromatic nitrogens is 3. The highest BCUT2D eigenvalue weighted by Gasteiger charge is 2.11. The Kier molecular flexibility index (Phi) is 4.07. The molecule has 1 atom stereocenters. The van der Waals surface area contributed by atoms with Crippen LogP contribution in [0.5, 0.6) is 0 Å². The highest BCUT2D eigenvalue weighted by atomic mass is 15.3. The topological polar surface area (TPSA) is 68.8 Å². The van der Waals surface area contributed by atoms with Crippen LogP contribution in [0.25, 0.3) is 0 Å². The van der Waals surface area contributed by atoms with Crippen molar-refractivity contribution in [3.05, 3.63) is 47.5 Å². The van der Waals surface area contributed by atoms with Crippen molar-refractivity contribution in [3.8, 4) is 0 Å². The first-order valence-electron chi connectivity index (χ1n) is 6.06. The summed E-state index contributed by atoms with van der Waals surface area (Å²) in [6.07, 6.45) is 5.54. The van der Waals surface area contributed by atoms with E-state index in [1.165, 1.54) is 5.69 Å². The van der Waals surface area contributed by atoms with Gasteiger partial charge in [0.1, 0.15) is 0 Å². The summed E-state index contributed by atoms with van der Waals surface area (Å²) in [5, 5.41) is 4.16. The van der Waals surface area contributed by atoms with E-state index in [4.69, 9.17) is 5.84 Å². The van der Waals surface area contributed by atoms with Crippen LogP contribution in [-0.2, 0) is 13.5 Å². The fourth-order valence-corrected chi connectivity index (χ4v) is 1.97. The number of nitrogens with zero attached hydrogens (tertiary/aromatic N) is 3. The molecule has 96 valence electrons. The molecule has 3 N–H and O–H groups in total. The zero-order valence-electron chi connectivity index (χ0n) is 10.8. The minimum atomic E-state index is 0.119. The SMILES string of the molecule is Cc1ccc(C(CCc2ccnn2C)NN)cn1. The van der Waals surface area contributed by atoms with E-state index in [1.54, 1.807) is 0 Å². The van der Waals surface area contributed by atoms with E-state index in [1.807, 2.05) is 43.2 Å². The summed E-state index contributed by atoms with van der Waals surface area (Å²) in [6.45, 7) is 1.98. The normalized spacial score (nSPS) is 12.6. The quantitative estimate of drug-likeness (QED) is 0.614. The van der Waals surface area contributed by atoms with Gasteiger partial charge in [-0.2, -0.15) is 5.10 Å². The molecule has 18 heavy (non-hydrogen) atoms. The predicted molar refractivity (Wildman–Crippen MR) is 70.6 cm³/mol. The minimum Gasteiger partial charge on any atom is -0.273 e. The van der Waals surface area contributed by atoms with E-state index >= 15 is 0 Å². The average molecular weight is 245 g/mol. The van der Waals surface area contributed by atoms with Gasteiger partial charge >= 0.3 is 0 Å². The minimum absolute atomic E-state index is 0.119. The molecular weight excluding hydrogens is 226 g/mol. The summed E-state index contributed by atoms with van der Waals surface area (Å²) in [4.78, 5) is 4.30. The van der Waals surface area contributed by atoms with E-state index < -0.39 is 0 Å². The molecule has 2 aromatic rings. The van der Waals surface area contributed by atoms with Gasteiger partial charge in [0, 0.05) is 36.9 Å². The van der Waals surface area contributed by atoms with Gasteiger partial charge in [-0.05, 0) is 37.5 Å². The maximum Gasteiger partial charge on any atom is 0.0492 e. The standard InChI is InChI=1S/C13H19N5/c1-10-3-4-11(9-15-10)13(17-14)6-5-12-7-8-16-18(12)2/h3-4,7-9,13,17H,5-6,14H2,1-2H3. The summed E-state index contributed by atoms with van der Waals surface area (Å²) in [5.41, 5.74) is 6.18. The Morgan fingerprint density at radius 3 is 2.78 bits per heavy atom. The number of hydrazine groups is 1. The molecule has 5 nitrogen and oxygen atoms in total. The summed E-state index contributed by atoms with van der Waals surface area (Å²) < 4.78 is 1.89. The third-order valence-corrected chi connectivity index (χ3v) is 3.15. The fourth-order valence-electron chi connectivity index (χ4n) is 1.97. The van der Waals surface area contributed by atoms with Crippen LogP contribution in [0.1, 0.15) is 29.4 Å². The van der Waals surface area contributed by atoms with Crippen LogP contribution in [0.4, 0.5) is 0 Å². The number of nitrogens with two attached hydrogens (primary N) is 1. The Bertz CT molecular complexity index is 488. The molecule has 2 aromatic heterocycles. The lowest BCUT2D eigenvalue weighted by Gasteiger charge is -2.16. The predicted octanol–water partition coefficient (Wildman–Crippen LogP) is 1.26. The van der Waals surface area contributed by atoms with Gasteiger partial charge in [0.2, 0.25) is 0 Å². The monoisotopic (exact) mass is 245 g/mol. The number of pyridine rings is 1. The number of aryl methyl sites for hydroxylation is 3. The number of nitrogens with one attached hydrogen (secondary N) is 1. The second kappa shape index (κ2) is 5.75. The smallest absolute Gasteiger partial charge is 0.0492 e. The van der Waals surface area contributed by atoms with Crippen LogP contribution in [0.2, 0.25) is 0 Å². The molecule has 0 aliphatic heterocycles. The largest absolute Gasteiger partial charge is 0.273 e. The van der Waals surface area contributed by atoms with Crippen molar-refractivity contribution in [2.75, 3.05) is 0 Å². The summed E-state index contributed by atoms with van der Waals surface area (Å²) in [6, 6.07) is 6.22. The fraction of sp³-hybridized carbons (Fsp3) is 0.385. The molecule has 0 aromatic carbocycles. The van der Waals surface area contributed by atoms with Crippen LogP contribution in [-0.4, -0.2) is 14.8 Å². The van der Waals surface area contributed by atoms with E-state index in [2.05, 4.69) is 21.6 Å². The lowest BCUT2D eigenvalue weighted by molar-refractivity contribution is 0.505. The van der Waals surface area contributed by atoms with Crippen LogP contribution >= 0.6 is 0 Å². The molecule has 0 aliphatic carbocycles. The zero-order chi connectivity index (χ0) is 13.0. The van der Waals surface area contributed by atoms with Gasteiger partial charge in [0.25, 0.3) is 0 Å². The van der Waals surface area contributed by atoms with Crippen molar-refractivity contribution in [1.29, 1.82) is 0 Å². The second-order valence-electron chi connectivity index (χ2n) is 4.44. The van der Waals surface area contributed by atoms with Crippen LogP contribution in [0.3, 0.4) is 0 Å². The Morgan fingerprint density at radius 2 is 2.22 bits per heavy atom. The van der Waals surface area contributed by atoms with E-state index in [9.17, 15) is 0 Å². The molecule has 0 radical (unpaired) electrons. The first-order valence-corrected chi connectivity index (χ1v) is 6.06. The molecule has 0 saturated carbocycles. The van der Waals surface area contributed by atoms with Crippen LogP contribution in [0.15, 0.2) is 30.6 Å². The molecule has 0 aliphatic rings. The van der Waals surface area contributed by atoms with Gasteiger partial charge in [-0.1, -0.05) is 6.07 Å². The van der Waals surface area contributed by atoms with Crippen molar-refractivity contribution < 1.29 is 0 Å². The molecule has 0 fully saturated rings. The lowest BCUT2D eigenvalue weighted by atomic mass is 10.0. The highest BCUT2D eigenvalue weighted by molar-refractivity contribution is 5.17. The molecule has 0 spiro atoms. The average Bonchev–Trinajstić information content (AvgIpc) is 2.78. The van der Waals surface area contributed by atoms with E-state index in [0.29, 0.717) is 0 Å². The molecule has 0 bridgehead atoms. The van der Waals surface area contributed by atoms with Gasteiger partial charge in [0.15, 0.2) is 0 Å². The van der Waals surface area contributed by atoms with Crippen molar-refractivity contribution in [1.82, 2.24) is 20.2 Å². The van der Waals surface area contributed by atoms with E-state index in [0.717, 1.165) is 24.1 Å². The number of hydrogen-bond acceptors (Lipinski definition) is 4. The maximum absolute atomic E-state index is 5.62. The van der Waals surface area contributed by atoms with E-state index in [-0.39, 0.29) is 6.04 Å². The molecule has 5 heteroatoms. The number of rotatable bonds is 5. The molecule has 1 unspecified atom stereocenters. The second-order valence-corrected chi connectivity index (χ2v) is 4.44. The zero-order valence-corrected chi connectivity index (χ0v) is 10.8. The number of hydrogen-bond donors (Lipinski definition) is 2. The molecule has 0 amide bonds. The summed E-state index contributed by atoms with van der Waals surface area (Å²) in [5.74, 6) is 5.62. The maximum atomic E-state index is 5.62. The Hall–Kier alpha value is -1.72. The third-order valence-electron chi connectivity index (χ3n) is 3.15. The van der Waals surface area contributed by atoms with Crippen LogP contribution in [0, 0.1) is 6.92 Å². The van der Waals surface area contributed by atoms with Crippen molar-refractivity contribution in [2.45, 2.75) is 25.8 Å². The van der Waals surface area contributed by atoms with Gasteiger partial charge in [-0.15, -0.1) is 0 Å². The third kappa shape index (κ3) is 2.94. The van der Waals surface area contributed by atoms with Gasteiger partial charge < -0.3 is 0 Å². The lowest BCUT2D eigenvalue weighted by Crippen LogP contribution is -2.28. The summed E-state index contributed by atoms with van der Waals surface area (Å²) in [7, 11) is 1.95. The Labute approximate surface area is 107 Å². The van der Waals surface area contributed by atoms with Gasteiger partial charge in [0.05, 0.1) is 0 Å². The first kappa shape index (κ1) is 12.7. The molecular formula is C13H19N5. The molecule has 2 heterocycles. The van der Waals surface area contributed by atoms with Crippen molar-refractivity contribution in [3.63, 3.8) is 0 Å². The molecule has 0 saturated heterocycles.